The summed E-state index contributed by atoms with van der Waals surface area (Å²) in [5.41, 5.74) is 1.93. The van der Waals surface area contributed by atoms with Crippen LogP contribution in [0.25, 0.3) is 21.8 Å². The van der Waals surface area contributed by atoms with Crippen molar-refractivity contribution in [3.63, 3.8) is 0 Å². The Balaban J connectivity index is 1.33. The average Bonchev–Trinajstić information content (AvgIpc) is 3.58. The molecule has 0 unspecified atom stereocenters. The number of halogens is 2. The summed E-state index contributed by atoms with van der Waals surface area (Å²) in [6.07, 6.45) is 0.419. The maximum Gasteiger partial charge on any atom is 0.268 e. The van der Waals surface area contributed by atoms with E-state index in [4.69, 9.17) is 32.7 Å². The maximum atomic E-state index is 14.2. The third-order valence-corrected chi connectivity index (χ3v) is 14.4. The molecule has 0 fully saturated rings. The SMILES string of the molecule is Cc1c(OCCC(COc2c(C)n(S(=O)(=O)c3ccc(C(C)C)cc3)c3cc(Cl)ccc23)(N(C)C)N(C)C)c2ccc(Cl)cc2n1S(=O)(=O)c1ccccc1. The number of likely N-dealkylation sites (N-methyl/N-ethyl adjacent to an activating group) is 2. The molecule has 0 aliphatic carbocycles. The van der Waals surface area contributed by atoms with Gasteiger partial charge in [0.15, 0.2) is 0 Å². The Morgan fingerprint density at radius 1 is 0.655 bits per heavy atom. The Hall–Kier alpha value is -4.04. The molecule has 0 bridgehead atoms. The fourth-order valence-electron chi connectivity index (χ4n) is 7.16. The summed E-state index contributed by atoms with van der Waals surface area (Å²) in [7, 11) is -0.251. The van der Waals surface area contributed by atoms with E-state index in [2.05, 4.69) is 13.8 Å². The number of aromatic nitrogens is 2. The van der Waals surface area contributed by atoms with Crippen LogP contribution in [0.4, 0.5) is 0 Å². The quantitative estimate of drug-likeness (QED) is 0.101. The van der Waals surface area contributed by atoms with Gasteiger partial charge in [0.1, 0.15) is 23.8 Å². The number of hydrogen-bond donors (Lipinski definition) is 0. The van der Waals surface area contributed by atoms with Crippen molar-refractivity contribution in [2.75, 3.05) is 41.4 Å². The van der Waals surface area contributed by atoms with Gasteiger partial charge in [0.2, 0.25) is 0 Å². The van der Waals surface area contributed by atoms with Crippen LogP contribution < -0.4 is 9.47 Å². The molecule has 0 amide bonds. The average molecular weight is 826 g/mol. The second-order valence-electron chi connectivity index (χ2n) is 14.4. The van der Waals surface area contributed by atoms with E-state index >= 15 is 0 Å². The molecule has 0 spiro atoms. The van der Waals surface area contributed by atoms with Crippen molar-refractivity contribution >= 4 is 65.1 Å². The maximum absolute atomic E-state index is 14.2. The van der Waals surface area contributed by atoms with E-state index < -0.39 is 25.7 Å². The van der Waals surface area contributed by atoms with Gasteiger partial charge in [0, 0.05) is 27.2 Å². The molecular weight excluding hydrogens is 780 g/mol. The minimum absolute atomic E-state index is 0.126. The summed E-state index contributed by atoms with van der Waals surface area (Å²) in [6, 6.07) is 25.4. The van der Waals surface area contributed by atoms with Gasteiger partial charge in [-0.3, -0.25) is 9.80 Å². The summed E-state index contributed by atoms with van der Waals surface area (Å²) in [6.45, 7) is 7.87. The molecule has 4 aromatic carbocycles. The smallest absolute Gasteiger partial charge is 0.268 e. The highest BCUT2D eigenvalue weighted by Crippen LogP contribution is 2.40. The third kappa shape index (κ3) is 7.36. The lowest BCUT2D eigenvalue weighted by Crippen LogP contribution is -2.59. The zero-order chi connectivity index (χ0) is 40.0. The van der Waals surface area contributed by atoms with Gasteiger partial charge >= 0.3 is 0 Å². The van der Waals surface area contributed by atoms with Crippen molar-refractivity contribution in [2.45, 2.75) is 55.5 Å². The first-order chi connectivity index (χ1) is 25.9. The molecule has 55 heavy (non-hydrogen) atoms. The van der Waals surface area contributed by atoms with Crippen LogP contribution in [0.1, 0.15) is 43.1 Å². The number of benzene rings is 4. The summed E-state index contributed by atoms with van der Waals surface area (Å²) in [5.74, 6) is 1.11. The third-order valence-electron chi connectivity index (χ3n) is 10.3. The number of nitrogens with zero attached hydrogens (tertiary/aromatic N) is 4. The van der Waals surface area contributed by atoms with E-state index in [1.165, 1.54) is 7.94 Å². The van der Waals surface area contributed by atoms with Gasteiger partial charge in [-0.05, 0) is 114 Å². The van der Waals surface area contributed by atoms with Crippen LogP contribution in [-0.4, -0.2) is 81.6 Å². The fraction of sp³-hybridized carbons (Fsp3) is 0.317. The molecule has 0 N–H and O–H groups in total. The van der Waals surface area contributed by atoms with Crippen LogP contribution in [-0.2, 0) is 20.0 Å². The molecule has 0 aliphatic rings. The number of rotatable bonds is 14. The minimum Gasteiger partial charge on any atom is -0.491 e. The second kappa shape index (κ2) is 15.5. The highest BCUT2D eigenvalue weighted by molar-refractivity contribution is 7.90. The Morgan fingerprint density at radius 2 is 1.11 bits per heavy atom. The topological polar surface area (TPSA) is 103 Å². The Morgan fingerprint density at radius 3 is 1.56 bits per heavy atom. The van der Waals surface area contributed by atoms with Crippen LogP contribution in [0.15, 0.2) is 101 Å². The van der Waals surface area contributed by atoms with Crippen LogP contribution in [0.2, 0.25) is 10.0 Å². The van der Waals surface area contributed by atoms with Gasteiger partial charge < -0.3 is 9.47 Å². The van der Waals surface area contributed by atoms with Gasteiger partial charge in [-0.1, -0.05) is 67.4 Å². The summed E-state index contributed by atoms with van der Waals surface area (Å²) < 4.78 is 72.1. The van der Waals surface area contributed by atoms with Gasteiger partial charge in [0.05, 0.1) is 38.8 Å². The second-order valence-corrected chi connectivity index (χ2v) is 18.8. The van der Waals surface area contributed by atoms with Crippen molar-refractivity contribution in [1.29, 1.82) is 0 Å². The molecule has 10 nitrogen and oxygen atoms in total. The zero-order valence-electron chi connectivity index (χ0n) is 32.2. The molecule has 0 saturated heterocycles. The first kappa shape index (κ1) is 40.6. The first-order valence-corrected chi connectivity index (χ1v) is 21.4. The molecule has 2 heterocycles. The lowest BCUT2D eigenvalue weighted by molar-refractivity contribution is -0.0482. The first-order valence-electron chi connectivity index (χ1n) is 17.8. The molecule has 0 saturated carbocycles. The Labute approximate surface area is 333 Å². The van der Waals surface area contributed by atoms with Crippen molar-refractivity contribution in [3.05, 3.63) is 118 Å². The summed E-state index contributed by atoms with van der Waals surface area (Å²) in [5, 5.41) is 2.01. The largest absolute Gasteiger partial charge is 0.491 e. The number of ether oxygens (including phenoxy) is 2. The summed E-state index contributed by atoms with van der Waals surface area (Å²) in [4.78, 5) is 4.37. The Bertz CT molecular complexity index is 2570. The van der Waals surface area contributed by atoms with E-state index in [9.17, 15) is 16.8 Å². The molecule has 6 rings (SSSR count). The summed E-state index contributed by atoms with van der Waals surface area (Å²) >= 11 is 12.8. The van der Waals surface area contributed by atoms with Gasteiger partial charge in [-0.2, -0.15) is 0 Å². The molecule has 2 aromatic heterocycles. The Kier molecular flexibility index (Phi) is 11.4. The fourth-order valence-corrected chi connectivity index (χ4v) is 10.6. The van der Waals surface area contributed by atoms with Crippen molar-refractivity contribution in [1.82, 2.24) is 17.7 Å². The van der Waals surface area contributed by atoms with E-state index in [1.807, 2.05) is 50.1 Å². The highest BCUT2D eigenvalue weighted by atomic mass is 35.5. The van der Waals surface area contributed by atoms with E-state index in [0.29, 0.717) is 61.2 Å². The van der Waals surface area contributed by atoms with E-state index in [-0.39, 0.29) is 28.9 Å². The van der Waals surface area contributed by atoms with Crippen molar-refractivity contribution in [2.24, 2.45) is 0 Å². The zero-order valence-corrected chi connectivity index (χ0v) is 35.3. The predicted molar refractivity (Wildman–Crippen MR) is 221 cm³/mol. The van der Waals surface area contributed by atoms with Crippen LogP contribution in [0.3, 0.4) is 0 Å². The molecule has 292 valence electrons. The minimum atomic E-state index is -4.03. The van der Waals surface area contributed by atoms with Gasteiger partial charge in [-0.15, -0.1) is 0 Å². The predicted octanol–water partition coefficient (Wildman–Crippen LogP) is 8.78. The standard InChI is InChI=1S/C41H46Cl2N4O6S2/c1-27(2)30-14-18-34(19-15-30)55(50,51)47-29(4)40(36-21-17-32(43)25-38(36)47)53-26-41(44(5)6,45(7)8)22-23-52-39-28(3)46(37-24-31(42)16-20-35(37)39)54(48,49)33-12-10-9-11-13-33/h9-21,24-25,27H,22-23,26H2,1-8H3. The lowest BCUT2D eigenvalue weighted by Gasteiger charge is -2.44. The van der Waals surface area contributed by atoms with Crippen molar-refractivity contribution in [3.8, 4) is 11.5 Å². The number of hydrogen-bond acceptors (Lipinski definition) is 8. The van der Waals surface area contributed by atoms with Gasteiger partial charge in [-0.25, -0.2) is 24.8 Å². The molecule has 0 atom stereocenters. The lowest BCUT2D eigenvalue weighted by atomic mass is 10.0. The van der Waals surface area contributed by atoms with E-state index in [1.54, 1.807) is 92.7 Å². The monoisotopic (exact) mass is 824 g/mol. The molecule has 6 aromatic rings. The van der Waals surface area contributed by atoms with E-state index in [0.717, 1.165) is 5.56 Å². The molecular formula is C41H46Cl2N4O6S2. The van der Waals surface area contributed by atoms with Crippen LogP contribution >= 0.6 is 23.2 Å². The van der Waals surface area contributed by atoms with Crippen LogP contribution in [0.5, 0.6) is 11.5 Å². The van der Waals surface area contributed by atoms with Gasteiger partial charge in [0.25, 0.3) is 20.0 Å². The normalized spacial score (nSPS) is 12.8. The highest BCUT2D eigenvalue weighted by Gasteiger charge is 2.38. The van der Waals surface area contributed by atoms with Crippen LogP contribution in [0, 0.1) is 13.8 Å². The molecule has 0 aliphatic heterocycles. The van der Waals surface area contributed by atoms with Crippen molar-refractivity contribution < 1.29 is 26.3 Å². The molecule has 0 radical (unpaired) electrons. The number of fused-ring (bicyclic) bond motifs is 2. The molecule has 14 heteroatoms.